The van der Waals surface area contributed by atoms with Gasteiger partial charge in [-0.3, -0.25) is 9.78 Å². The second-order valence-electron chi connectivity index (χ2n) is 5.34. The Bertz CT molecular complexity index is 815. The second-order valence-corrected chi connectivity index (χ2v) is 6.32. The van der Waals surface area contributed by atoms with Crippen molar-refractivity contribution in [3.05, 3.63) is 58.4 Å². The molecule has 2 aromatic heterocycles. The van der Waals surface area contributed by atoms with Crippen LogP contribution in [0.1, 0.15) is 36.2 Å². The minimum absolute atomic E-state index is 0.0218. The summed E-state index contributed by atoms with van der Waals surface area (Å²) in [5.74, 6) is 0.102. The number of aromatic hydroxyl groups is 1. The van der Waals surface area contributed by atoms with Crippen LogP contribution < -0.4 is 5.32 Å². The number of benzene rings is 1. The molecular weight excluding hydrogens is 308 g/mol. The number of carbonyl (C=O) groups is 1. The molecule has 2 N–H and O–H groups in total. The van der Waals surface area contributed by atoms with Crippen LogP contribution in [-0.2, 0) is 4.79 Å². The van der Waals surface area contributed by atoms with E-state index in [1.807, 2.05) is 48.7 Å². The lowest BCUT2D eigenvalue weighted by molar-refractivity contribution is -0.121. The minimum Gasteiger partial charge on any atom is -0.505 e. The van der Waals surface area contributed by atoms with Crippen molar-refractivity contribution >= 4 is 28.1 Å². The summed E-state index contributed by atoms with van der Waals surface area (Å²) in [6, 6.07) is 11.1. The molecule has 0 bridgehead atoms. The number of pyridine rings is 1. The largest absolute Gasteiger partial charge is 0.505 e. The fourth-order valence-corrected chi connectivity index (χ4v) is 3.39. The Hall–Kier alpha value is -2.40. The molecule has 0 saturated heterocycles. The van der Waals surface area contributed by atoms with Crippen LogP contribution in [0.4, 0.5) is 0 Å². The van der Waals surface area contributed by atoms with Gasteiger partial charge in [0.25, 0.3) is 0 Å². The fraction of sp³-hybridized carbons (Fsp3) is 0.222. The van der Waals surface area contributed by atoms with Crippen molar-refractivity contribution in [2.45, 2.75) is 25.8 Å². The van der Waals surface area contributed by atoms with Gasteiger partial charge in [-0.2, -0.15) is 0 Å². The standard InChI is InChI=1S/C18H18N2O2S/c1-2-5-15(21)20-17(14-7-4-11-23-14)13-9-8-12-6-3-10-19-16(12)18(13)22/h3-4,6-11,17,22H,2,5H2,1H3,(H,20,21)/t17-/m0/s1. The first-order chi connectivity index (χ1) is 11.2. The van der Waals surface area contributed by atoms with Gasteiger partial charge in [-0.15, -0.1) is 11.3 Å². The molecule has 0 radical (unpaired) electrons. The molecule has 23 heavy (non-hydrogen) atoms. The van der Waals surface area contributed by atoms with Crippen molar-refractivity contribution < 1.29 is 9.90 Å². The summed E-state index contributed by atoms with van der Waals surface area (Å²) in [6.07, 6.45) is 2.91. The first-order valence-electron chi connectivity index (χ1n) is 7.60. The van der Waals surface area contributed by atoms with Gasteiger partial charge in [0.1, 0.15) is 11.3 Å². The maximum Gasteiger partial charge on any atom is 0.220 e. The Kier molecular flexibility index (Phi) is 4.57. The molecule has 0 aliphatic heterocycles. The Morgan fingerprint density at radius 1 is 1.30 bits per heavy atom. The molecule has 0 saturated carbocycles. The summed E-state index contributed by atoms with van der Waals surface area (Å²) >= 11 is 1.55. The molecule has 4 nitrogen and oxygen atoms in total. The molecule has 0 aliphatic rings. The van der Waals surface area contributed by atoms with Crippen LogP contribution in [0.2, 0.25) is 0 Å². The van der Waals surface area contributed by atoms with Crippen molar-refractivity contribution in [3.8, 4) is 5.75 Å². The van der Waals surface area contributed by atoms with Gasteiger partial charge in [0.15, 0.2) is 0 Å². The van der Waals surface area contributed by atoms with Crippen molar-refractivity contribution in [1.29, 1.82) is 0 Å². The number of hydrogen-bond acceptors (Lipinski definition) is 4. The maximum absolute atomic E-state index is 12.1. The molecule has 0 fully saturated rings. The van der Waals surface area contributed by atoms with E-state index in [1.165, 1.54) is 0 Å². The van der Waals surface area contributed by atoms with Crippen LogP contribution in [0.3, 0.4) is 0 Å². The summed E-state index contributed by atoms with van der Waals surface area (Å²) in [4.78, 5) is 17.3. The fourth-order valence-electron chi connectivity index (χ4n) is 2.60. The summed E-state index contributed by atoms with van der Waals surface area (Å²) in [6.45, 7) is 1.97. The molecule has 1 amide bonds. The minimum atomic E-state index is -0.361. The molecule has 1 aromatic carbocycles. The lowest BCUT2D eigenvalue weighted by Crippen LogP contribution is -2.28. The monoisotopic (exact) mass is 326 g/mol. The highest BCUT2D eigenvalue weighted by Crippen LogP contribution is 2.35. The molecule has 0 unspecified atom stereocenters. The lowest BCUT2D eigenvalue weighted by Gasteiger charge is -2.19. The molecule has 118 valence electrons. The summed E-state index contributed by atoms with van der Waals surface area (Å²) in [5.41, 5.74) is 1.22. The van der Waals surface area contributed by atoms with E-state index >= 15 is 0 Å². The molecule has 1 atom stereocenters. The third-order valence-corrected chi connectivity index (χ3v) is 4.64. The first-order valence-corrected chi connectivity index (χ1v) is 8.48. The zero-order chi connectivity index (χ0) is 16.2. The number of aromatic nitrogens is 1. The molecule has 2 heterocycles. The van der Waals surface area contributed by atoms with Gasteiger partial charge in [0.05, 0.1) is 6.04 Å². The van der Waals surface area contributed by atoms with Gasteiger partial charge in [-0.1, -0.05) is 31.2 Å². The number of thiophene rings is 1. The summed E-state index contributed by atoms with van der Waals surface area (Å²) in [7, 11) is 0. The van der Waals surface area contributed by atoms with Gasteiger partial charge < -0.3 is 10.4 Å². The van der Waals surface area contributed by atoms with E-state index in [2.05, 4.69) is 10.3 Å². The van der Waals surface area contributed by atoms with E-state index in [-0.39, 0.29) is 17.7 Å². The number of carbonyl (C=O) groups excluding carboxylic acids is 1. The van der Waals surface area contributed by atoms with Crippen molar-refractivity contribution in [3.63, 3.8) is 0 Å². The van der Waals surface area contributed by atoms with E-state index in [9.17, 15) is 9.90 Å². The van der Waals surface area contributed by atoms with Crippen LogP contribution in [0.5, 0.6) is 5.75 Å². The highest BCUT2D eigenvalue weighted by molar-refractivity contribution is 7.10. The normalized spacial score (nSPS) is 12.2. The van der Waals surface area contributed by atoms with E-state index in [0.29, 0.717) is 17.5 Å². The smallest absolute Gasteiger partial charge is 0.220 e. The second kappa shape index (κ2) is 6.79. The number of phenolic OH excluding ortho intramolecular Hbond substituents is 1. The van der Waals surface area contributed by atoms with Gasteiger partial charge in [-0.25, -0.2) is 0 Å². The van der Waals surface area contributed by atoms with Crippen LogP contribution in [-0.4, -0.2) is 16.0 Å². The average molecular weight is 326 g/mol. The Balaban J connectivity index is 2.06. The number of phenols is 1. The summed E-state index contributed by atoms with van der Waals surface area (Å²) < 4.78 is 0. The average Bonchev–Trinajstić information content (AvgIpc) is 3.08. The maximum atomic E-state index is 12.1. The molecule has 0 spiro atoms. The number of rotatable bonds is 5. The molecule has 3 aromatic rings. The molecule has 3 rings (SSSR count). The van der Waals surface area contributed by atoms with Gasteiger partial charge >= 0.3 is 0 Å². The SMILES string of the molecule is CCCC(=O)N[C@H](c1cccs1)c1ccc2cccnc2c1O. The predicted molar refractivity (Wildman–Crippen MR) is 92.6 cm³/mol. The molecular formula is C18H18N2O2S. The van der Waals surface area contributed by atoms with Crippen molar-refractivity contribution in [2.75, 3.05) is 0 Å². The van der Waals surface area contributed by atoms with E-state index < -0.39 is 0 Å². The van der Waals surface area contributed by atoms with Gasteiger partial charge in [-0.05, 0) is 23.9 Å². The van der Waals surface area contributed by atoms with Gasteiger partial charge in [0, 0.05) is 28.4 Å². The Morgan fingerprint density at radius 3 is 2.91 bits per heavy atom. The third kappa shape index (κ3) is 3.19. The van der Waals surface area contributed by atoms with Crippen LogP contribution in [0.15, 0.2) is 48.0 Å². The number of amides is 1. The highest BCUT2D eigenvalue weighted by Gasteiger charge is 2.22. The van der Waals surface area contributed by atoms with E-state index in [4.69, 9.17) is 0 Å². The Labute approximate surface area is 138 Å². The van der Waals surface area contributed by atoms with Crippen LogP contribution in [0, 0.1) is 0 Å². The van der Waals surface area contributed by atoms with E-state index in [0.717, 1.165) is 16.7 Å². The molecule has 5 heteroatoms. The topological polar surface area (TPSA) is 62.2 Å². The molecule has 0 aliphatic carbocycles. The zero-order valence-electron chi connectivity index (χ0n) is 12.8. The van der Waals surface area contributed by atoms with Gasteiger partial charge in [0.2, 0.25) is 5.91 Å². The number of nitrogens with one attached hydrogen (secondary N) is 1. The van der Waals surface area contributed by atoms with Crippen molar-refractivity contribution in [1.82, 2.24) is 10.3 Å². The Morgan fingerprint density at radius 2 is 2.17 bits per heavy atom. The van der Waals surface area contributed by atoms with E-state index in [1.54, 1.807) is 17.5 Å². The summed E-state index contributed by atoms with van der Waals surface area (Å²) in [5, 5.41) is 16.5. The number of hydrogen-bond donors (Lipinski definition) is 2. The lowest BCUT2D eigenvalue weighted by atomic mass is 10.0. The third-order valence-electron chi connectivity index (χ3n) is 3.70. The van der Waals surface area contributed by atoms with Crippen LogP contribution in [0.25, 0.3) is 10.9 Å². The van der Waals surface area contributed by atoms with Crippen molar-refractivity contribution in [2.24, 2.45) is 0 Å². The zero-order valence-corrected chi connectivity index (χ0v) is 13.6. The quantitative estimate of drug-likeness (QED) is 0.745. The number of nitrogens with zero attached hydrogens (tertiary/aromatic N) is 1. The highest BCUT2D eigenvalue weighted by atomic mass is 32.1. The first kappa shape index (κ1) is 15.5. The van der Waals surface area contributed by atoms with Crippen LogP contribution >= 0.6 is 11.3 Å². The predicted octanol–water partition coefficient (Wildman–Crippen LogP) is 4.01. The number of fused-ring (bicyclic) bond motifs is 1.